The van der Waals surface area contributed by atoms with Crippen LogP contribution in [-0.4, -0.2) is 66.6 Å². The average molecular weight is 883 g/mol. The normalized spacial score (nSPS) is 18.5. The summed E-state index contributed by atoms with van der Waals surface area (Å²) in [4.78, 5) is 63.8. The molecule has 0 unspecified atom stereocenters. The van der Waals surface area contributed by atoms with Gasteiger partial charge in [-0.25, -0.2) is 28.0 Å². The van der Waals surface area contributed by atoms with Crippen LogP contribution in [0.5, 0.6) is 0 Å². The Morgan fingerprint density at radius 1 is 0.984 bits per heavy atom. The molecular weight excluding hydrogens is 843 g/mol. The van der Waals surface area contributed by atoms with Gasteiger partial charge in [-0.05, 0) is 77.1 Å². The number of carbonyl (C=O) groups is 3. The minimum absolute atomic E-state index is 0.0371. The summed E-state index contributed by atoms with van der Waals surface area (Å²) in [5.41, 5.74) is -3.74. The van der Waals surface area contributed by atoms with E-state index < -0.39 is 71.6 Å². The van der Waals surface area contributed by atoms with E-state index >= 15 is 4.79 Å². The van der Waals surface area contributed by atoms with Gasteiger partial charge in [0.15, 0.2) is 5.82 Å². The van der Waals surface area contributed by atoms with Crippen LogP contribution in [0.25, 0.3) is 16.6 Å². The molecule has 5 aromatic rings. The Morgan fingerprint density at radius 3 is 2.37 bits per heavy atom. The number of benzene rings is 3. The zero-order chi connectivity index (χ0) is 44.8. The number of fused-ring (bicyclic) bond motifs is 1. The van der Waals surface area contributed by atoms with Crippen LogP contribution in [0.1, 0.15) is 75.0 Å². The molecule has 1 saturated heterocycles. The summed E-state index contributed by atoms with van der Waals surface area (Å²) >= 11 is 6.52. The highest BCUT2D eigenvalue weighted by Crippen LogP contribution is 2.49. The smallest absolute Gasteiger partial charge is 0.437 e. The van der Waals surface area contributed by atoms with Crippen LogP contribution >= 0.6 is 11.6 Å². The van der Waals surface area contributed by atoms with E-state index in [0.29, 0.717) is 22.0 Å². The van der Waals surface area contributed by atoms with E-state index in [2.05, 4.69) is 20.4 Å². The first-order chi connectivity index (χ1) is 29.2. The summed E-state index contributed by atoms with van der Waals surface area (Å²) in [7, 11) is 1.59. The summed E-state index contributed by atoms with van der Waals surface area (Å²) in [6.07, 6.45) is -10.3. The minimum Gasteiger partial charge on any atom is -0.447 e. The van der Waals surface area contributed by atoms with Gasteiger partial charge in [0.2, 0.25) is 5.96 Å². The summed E-state index contributed by atoms with van der Waals surface area (Å²) in [6, 6.07) is 19.0. The Balaban J connectivity index is 1.39. The van der Waals surface area contributed by atoms with Gasteiger partial charge in [-0.1, -0.05) is 74.8 Å². The van der Waals surface area contributed by atoms with Crippen molar-refractivity contribution in [2.24, 2.45) is 17.5 Å². The zero-order valence-electron chi connectivity index (χ0n) is 33.7. The number of rotatable bonds is 11. The van der Waals surface area contributed by atoms with Crippen LogP contribution in [0.15, 0.2) is 95.0 Å². The fraction of sp³-hybridized carbons (Fsp3) is 0.357. The number of nitrogens with zero attached hydrogens (tertiary/aromatic N) is 6. The second-order valence-corrected chi connectivity index (χ2v) is 16.7. The molecule has 3 heterocycles. The molecule has 0 bridgehead atoms. The van der Waals surface area contributed by atoms with Crippen LogP contribution < -0.4 is 16.2 Å². The first kappa shape index (κ1) is 43.7. The molecule has 20 heteroatoms. The van der Waals surface area contributed by atoms with Gasteiger partial charge in [-0.3, -0.25) is 14.5 Å². The second-order valence-electron chi connectivity index (χ2n) is 16.3. The molecule has 2 N–H and O–H groups in total. The number of pyridine rings is 1. The standard InChI is InChI=1S/C42H40ClF5N8O6/c1-39(2,3)22-41(27-12-14-29-25(18-27)11-15-32(57)54(29)4)35(58)55(36(52-41)51-37(59)61-20-24-8-6-5-7-9-24)31(21-62-38(60)53-40(16-17-40)42(46,47)48)26-10-13-28(43)30(19-26)56-34(33(44)45)49-23-50-56/h5-15,18-19,23,31,33H,16-17,20-22H2,1-4H3,(H,53,60)(H,51,52,59)/t31-,41-/m1/s1. The van der Waals surface area contributed by atoms with Gasteiger partial charge in [-0.15, -0.1) is 4.99 Å². The molecule has 2 aliphatic rings. The monoisotopic (exact) mass is 882 g/mol. The number of hydrogen-bond acceptors (Lipinski definition) is 8. The molecule has 326 valence electrons. The first-order valence-corrected chi connectivity index (χ1v) is 19.6. The Hall–Kier alpha value is -6.37. The number of amides is 3. The number of carbonyl (C=O) groups excluding carboxylic acids is 3. The van der Waals surface area contributed by atoms with Crippen molar-refractivity contribution < 1.29 is 45.8 Å². The number of guanidine groups is 1. The lowest BCUT2D eigenvalue weighted by atomic mass is 9.75. The van der Waals surface area contributed by atoms with E-state index in [-0.39, 0.29) is 47.7 Å². The fourth-order valence-electron chi connectivity index (χ4n) is 7.47. The van der Waals surface area contributed by atoms with Gasteiger partial charge in [0, 0.05) is 13.1 Å². The van der Waals surface area contributed by atoms with Crippen molar-refractivity contribution in [2.75, 3.05) is 6.61 Å². The van der Waals surface area contributed by atoms with Gasteiger partial charge in [-0.2, -0.15) is 18.3 Å². The molecule has 62 heavy (non-hydrogen) atoms. The summed E-state index contributed by atoms with van der Waals surface area (Å²) < 4.78 is 83.0. The quantitative estimate of drug-likeness (QED) is 0.125. The van der Waals surface area contributed by atoms with Crippen LogP contribution in [0, 0.1) is 5.41 Å². The van der Waals surface area contributed by atoms with E-state index in [4.69, 9.17) is 21.1 Å². The molecule has 0 radical (unpaired) electrons. The molecule has 14 nitrogen and oxygen atoms in total. The molecule has 1 saturated carbocycles. The molecule has 3 amide bonds. The number of hydrogen-bond donors (Lipinski definition) is 2. The molecule has 0 spiro atoms. The number of aliphatic imine (C=N–C) groups is 1. The number of alkyl carbamates (subject to hydrolysis) is 1. The third-order valence-corrected chi connectivity index (χ3v) is 10.9. The number of aryl methyl sites for hydroxylation is 1. The van der Waals surface area contributed by atoms with Gasteiger partial charge >= 0.3 is 18.4 Å². The van der Waals surface area contributed by atoms with Crippen molar-refractivity contribution >= 4 is 46.6 Å². The highest BCUT2D eigenvalue weighted by molar-refractivity contribution is 6.32. The lowest BCUT2D eigenvalue weighted by molar-refractivity contribution is -0.164. The summed E-state index contributed by atoms with van der Waals surface area (Å²) in [6.45, 7) is 4.54. The topological polar surface area (TPSA) is 162 Å². The molecule has 2 fully saturated rings. The number of aromatic nitrogens is 4. The Morgan fingerprint density at radius 2 is 1.71 bits per heavy atom. The number of alkyl halides is 5. The van der Waals surface area contributed by atoms with Gasteiger partial charge in [0.1, 0.15) is 30.6 Å². The molecule has 1 aliphatic heterocycles. The largest absolute Gasteiger partial charge is 0.447 e. The lowest BCUT2D eigenvalue weighted by Gasteiger charge is -2.35. The predicted octanol–water partition coefficient (Wildman–Crippen LogP) is 8.03. The summed E-state index contributed by atoms with van der Waals surface area (Å²) in [5.74, 6) is -1.93. The molecule has 2 aromatic heterocycles. The van der Waals surface area contributed by atoms with Gasteiger partial charge in [0.25, 0.3) is 17.9 Å². The molecule has 7 rings (SSSR count). The number of halogens is 6. The molecule has 3 aromatic carbocycles. The maximum Gasteiger partial charge on any atom is 0.437 e. The van der Waals surface area contributed by atoms with E-state index in [0.717, 1.165) is 15.9 Å². The SMILES string of the molecule is Cn1c(=O)ccc2cc([C@@]3(CC(C)(C)C)NC(=NC(=O)OCc4ccccc4)N([C@H](COC(=O)NC4(C(F)(F)F)CC4)c4ccc(Cl)c(-n5ncnc5C(F)F)c4)C3=O)ccc21. The van der Waals surface area contributed by atoms with E-state index in [1.807, 2.05) is 26.1 Å². The van der Waals surface area contributed by atoms with E-state index in [9.17, 15) is 36.3 Å². The van der Waals surface area contributed by atoms with Crippen LogP contribution in [0.2, 0.25) is 5.02 Å². The summed E-state index contributed by atoms with van der Waals surface area (Å²) in [5, 5.41) is 9.47. The van der Waals surface area contributed by atoms with Gasteiger partial charge < -0.3 is 24.7 Å². The Kier molecular flexibility index (Phi) is 11.6. The zero-order valence-corrected chi connectivity index (χ0v) is 34.4. The number of nitrogens with one attached hydrogen (secondary N) is 2. The van der Waals surface area contributed by atoms with Crippen molar-refractivity contribution in [1.29, 1.82) is 0 Å². The van der Waals surface area contributed by atoms with E-state index in [1.54, 1.807) is 61.6 Å². The van der Waals surface area contributed by atoms with Crippen LogP contribution in [0.3, 0.4) is 0 Å². The molecular formula is C42H40ClF5N8O6. The average Bonchev–Trinajstić information content (AvgIpc) is 3.75. The third kappa shape index (κ3) is 8.71. The van der Waals surface area contributed by atoms with Crippen molar-refractivity contribution in [3.63, 3.8) is 0 Å². The lowest BCUT2D eigenvalue weighted by Crippen LogP contribution is -2.49. The van der Waals surface area contributed by atoms with E-state index in [1.165, 1.54) is 28.8 Å². The highest BCUT2D eigenvalue weighted by Gasteiger charge is 2.65. The van der Waals surface area contributed by atoms with Crippen molar-refractivity contribution in [1.82, 2.24) is 34.9 Å². The maximum atomic E-state index is 15.6. The molecule has 1 aliphatic carbocycles. The van der Waals surface area contributed by atoms with Crippen LogP contribution in [-0.2, 0) is 33.5 Å². The van der Waals surface area contributed by atoms with Crippen molar-refractivity contribution in [3.8, 4) is 5.69 Å². The third-order valence-electron chi connectivity index (χ3n) is 10.6. The predicted molar refractivity (Wildman–Crippen MR) is 216 cm³/mol. The van der Waals surface area contributed by atoms with Crippen molar-refractivity contribution in [2.45, 2.75) is 76.4 Å². The maximum absolute atomic E-state index is 15.6. The fourth-order valence-corrected chi connectivity index (χ4v) is 7.67. The Labute approximate surface area is 355 Å². The first-order valence-electron chi connectivity index (χ1n) is 19.2. The van der Waals surface area contributed by atoms with Crippen LogP contribution in [0.4, 0.5) is 31.5 Å². The second kappa shape index (κ2) is 16.5. The van der Waals surface area contributed by atoms with Gasteiger partial charge in [0.05, 0.1) is 22.3 Å². The number of ether oxygens (including phenoxy) is 2. The highest BCUT2D eigenvalue weighted by atomic mass is 35.5. The molecule has 2 atom stereocenters. The Bertz CT molecular complexity index is 2630. The van der Waals surface area contributed by atoms with Crippen molar-refractivity contribution in [3.05, 3.63) is 123 Å². The minimum atomic E-state index is -4.79.